The minimum Gasteiger partial charge on any atom is -0.490 e. The molecule has 0 amide bonds. The smallest absolute Gasteiger partial charge is 0.135 e. The third-order valence-electron chi connectivity index (χ3n) is 19.7. The lowest BCUT2D eigenvalue weighted by molar-refractivity contribution is 0.202. The summed E-state index contributed by atoms with van der Waals surface area (Å²) < 4.78 is 14.2. The Bertz CT molecular complexity index is 5080. The zero-order chi connectivity index (χ0) is 64.8. The number of aliphatic hydroxyl groups excluding tert-OH is 2. The Balaban J connectivity index is 0.976. The molecule has 0 heterocycles. The van der Waals surface area contributed by atoms with E-state index in [0.29, 0.717) is 11.5 Å². The molecule has 0 atom stereocenters. The van der Waals surface area contributed by atoms with Gasteiger partial charge in [-0.3, -0.25) is 0 Å². The van der Waals surface area contributed by atoms with Gasteiger partial charge in [-0.25, -0.2) is 0 Å². The summed E-state index contributed by atoms with van der Waals surface area (Å²) in [5.74, 6) is 1.34. The maximum Gasteiger partial charge on any atom is 0.135 e. The zero-order valence-corrected chi connectivity index (χ0v) is 53.4. The molecule has 97 heavy (non-hydrogen) atoms. The van der Waals surface area contributed by atoms with Crippen LogP contribution >= 0.6 is 0 Å². The highest BCUT2D eigenvalue weighted by Crippen LogP contribution is 2.60. The Labute approximate surface area is 564 Å². The molecule has 4 nitrogen and oxygen atoms in total. The van der Waals surface area contributed by atoms with Crippen LogP contribution in [0.1, 0.15) is 22.3 Å². The van der Waals surface area contributed by atoms with E-state index >= 15 is 0 Å². The topological polar surface area (TPSA) is 58.9 Å². The van der Waals surface area contributed by atoms with Gasteiger partial charge in [0.15, 0.2) is 0 Å². The minimum absolute atomic E-state index is 0.0729. The van der Waals surface area contributed by atoms with Crippen LogP contribution in [0.4, 0.5) is 0 Å². The molecule has 4 heteroatoms. The first kappa shape index (κ1) is 58.9. The van der Waals surface area contributed by atoms with Crippen LogP contribution in [-0.2, 0) is 5.41 Å². The maximum atomic E-state index is 10.9. The molecule has 0 saturated carbocycles. The molecule has 0 unspecified atom stereocenters. The highest BCUT2D eigenvalue weighted by atomic mass is 16.5. The van der Waals surface area contributed by atoms with Crippen molar-refractivity contribution in [1.29, 1.82) is 0 Å². The Kier molecular flexibility index (Phi) is 15.2. The third-order valence-corrected chi connectivity index (χ3v) is 19.7. The van der Waals surface area contributed by atoms with Gasteiger partial charge in [-0.1, -0.05) is 267 Å². The summed E-state index contributed by atoms with van der Waals surface area (Å²) in [4.78, 5) is 0. The molecule has 16 aromatic rings. The van der Waals surface area contributed by atoms with Crippen LogP contribution in [0.3, 0.4) is 0 Å². The standard InChI is InChI=1S/C93H66O4/c94-45-47-96-91-85(77-29-13-25-69(53-77)73-41-37-61-17-1-5-21-65(61)49-73)57-81(58-86(91)78-30-14-26-70(54-78)74-42-38-62-18-2-6-22-66(62)50-74)93(89-35-11-9-33-83(89)84-34-10-12-36-90(84)93)82-59-87(79-31-15-27-71(55-79)75-43-39-63-19-3-7-23-67(63)51-75)92(97-48-46-95)88(60-82)80-32-16-28-72(56-80)76-44-40-64-20-4-8-24-68(64)52-76/h1-44,49-60,94-95H,45-48H2. The Hall–Kier alpha value is -11.9. The third kappa shape index (κ3) is 10.7. The summed E-state index contributed by atoms with van der Waals surface area (Å²) in [5.41, 5.74) is 21.6. The molecule has 2 N–H and O–H groups in total. The average molecular weight is 1250 g/mol. The first-order valence-corrected chi connectivity index (χ1v) is 33.4. The zero-order valence-electron chi connectivity index (χ0n) is 53.4. The second-order valence-electron chi connectivity index (χ2n) is 25.4. The summed E-state index contributed by atoms with van der Waals surface area (Å²) in [6, 6.07) is 124. The van der Waals surface area contributed by atoms with Crippen molar-refractivity contribution in [3.05, 3.63) is 362 Å². The molecule has 0 saturated heterocycles. The van der Waals surface area contributed by atoms with Crippen molar-refractivity contribution >= 4 is 43.1 Å². The van der Waals surface area contributed by atoms with E-state index in [2.05, 4.69) is 340 Å². The van der Waals surface area contributed by atoms with Crippen molar-refractivity contribution in [3.8, 4) is 112 Å². The molecule has 462 valence electrons. The van der Waals surface area contributed by atoms with Crippen molar-refractivity contribution in [2.24, 2.45) is 0 Å². The van der Waals surface area contributed by atoms with Crippen LogP contribution < -0.4 is 9.47 Å². The fourth-order valence-electron chi connectivity index (χ4n) is 15.1. The van der Waals surface area contributed by atoms with Crippen molar-refractivity contribution in [2.45, 2.75) is 5.41 Å². The number of fused-ring (bicyclic) bond motifs is 7. The summed E-state index contributed by atoms with van der Waals surface area (Å²) in [6.07, 6.45) is 0. The van der Waals surface area contributed by atoms with Gasteiger partial charge in [0, 0.05) is 22.3 Å². The molecule has 0 bridgehead atoms. The lowest BCUT2D eigenvalue weighted by Crippen LogP contribution is -2.29. The van der Waals surface area contributed by atoms with Gasteiger partial charge in [0.25, 0.3) is 0 Å². The van der Waals surface area contributed by atoms with Gasteiger partial charge < -0.3 is 19.7 Å². The molecule has 0 aromatic heterocycles. The molecule has 17 rings (SSSR count). The number of hydrogen-bond acceptors (Lipinski definition) is 4. The highest BCUT2D eigenvalue weighted by molar-refractivity contribution is 5.97. The van der Waals surface area contributed by atoms with E-state index in [-0.39, 0.29) is 26.4 Å². The van der Waals surface area contributed by atoms with Gasteiger partial charge in [0.2, 0.25) is 0 Å². The number of aliphatic hydroxyl groups is 2. The molecule has 0 spiro atoms. The van der Waals surface area contributed by atoms with Crippen molar-refractivity contribution < 1.29 is 19.7 Å². The van der Waals surface area contributed by atoms with Crippen molar-refractivity contribution in [1.82, 2.24) is 0 Å². The average Bonchev–Trinajstić information content (AvgIpc) is 1.56. The quantitative estimate of drug-likeness (QED) is 0.101. The predicted octanol–water partition coefficient (Wildman–Crippen LogP) is 22.7. The molecule has 0 radical (unpaired) electrons. The van der Waals surface area contributed by atoms with E-state index in [4.69, 9.17) is 9.47 Å². The predicted molar refractivity (Wildman–Crippen MR) is 402 cm³/mol. The fraction of sp³-hybridized carbons (Fsp3) is 0.0538. The first-order valence-electron chi connectivity index (χ1n) is 33.4. The summed E-state index contributed by atoms with van der Waals surface area (Å²) >= 11 is 0. The summed E-state index contributed by atoms with van der Waals surface area (Å²) in [5, 5.41) is 31.1. The van der Waals surface area contributed by atoms with E-state index in [1.807, 2.05) is 0 Å². The maximum absolute atomic E-state index is 10.9. The van der Waals surface area contributed by atoms with Crippen LogP contribution in [0.2, 0.25) is 0 Å². The van der Waals surface area contributed by atoms with Gasteiger partial charge in [-0.2, -0.15) is 0 Å². The van der Waals surface area contributed by atoms with E-state index < -0.39 is 5.41 Å². The van der Waals surface area contributed by atoms with E-state index in [0.717, 1.165) is 122 Å². The number of rotatable bonds is 16. The summed E-state index contributed by atoms with van der Waals surface area (Å²) in [7, 11) is 0. The number of ether oxygens (including phenoxy) is 2. The molecule has 16 aromatic carbocycles. The van der Waals surface area contributed by atoms with Gasteiger partial charge in [-0.05, 0) is 216 Å². The van der Waals surface area contributed by atoms with Crippen LogP contribution in [-0.4, -0.2) is 36.6 Å². The van der Waals surface area contributed by atoms with Gasteiger partial charge in [-0.15, -0.1) is 0 Å². The Morgan fingerprint density at radius 1 is 0.206 bits per heavy atom. The molecular formula is C93H66O4. The second-order valence-corrected chi connectivity index (χ2v) is 25.4. The molecule has 0 aliphatic heterocycles. The highest BCUT2D eigenvalue weighted by Gasteiger charge is 2.47. The molecule has 1 aliphatic carbocycles. The van der Waals surface area contributed by atoms with Gasteiger partial charge in [0.1, 0.15) is 24.7 Å². The molecule has 1 aliphatic rings. The van der Waals surface area contributed by atoms with Crippen LogP contribution in [0.5, 0.6) is 11.5 Å². The second kappa shape index (κ2) is 25.1. The van der Waals surface area contributed by atoms with E-state index in [9.17, 15) is 10.2 Å². The van der Waals surface area contributed by atoms with E-state index in [1.54, 1.807) is 0 Å². The number of benzene rings is 16. The first-order chi connectivity index (χ1) is 47.9. The Morgan fingerprint density at radius 2 is 0.454 bits per heavy atom. The minimum atomic E-state index is -1.02. The number of hydrogen-bond donors (Lipinski definition) is 2. The normalized spacial score (nSPS) is 12.3. The summed E-state index contributed by atoms with van der Waals surface area (Å²) in [6.45, 7) is -0.215. The lowest BCUT2D eigenvalue weighted by atomic mass is 9.66. The largest absolute Gasteiger partial charge is 0.490 e. The van der Waals surface area contributed by atoms with E-state index in [1.165, 1.54) is 43.1 Å². The van der Waals surface area contributed by atoms with Crippen LogP contribution in [0.25, 0.3) is 143 Å². The van der Waals surface area contributed by atoms with Crippen LogP contribution in [0.15, 0.2) is 340 Å². The van der Waals surface area contributed by atoms with Crippen LogP contribution in [0, 0.1) is 0 Å². The van der Waals surface area contributed by atoms with Crippen molar-refractivity contribution in [3.63, 3.8) is 0 Å². The Morgan fingerprint density at radius 3 is 0.742 bits per heavy atom. The SMILES string of the molecule is OCCOc1c(-c2cccc(-c3ccc4ccccc4c3)c2)cc(C2(c3cc(-c4cccc(-c5ccc6ccccc6c5)c4)c(OCCO)c(-c4cccc(-c5ccc6ccccc6c5)c4)c3)c3ccccc3-c3ccccc32)cc1-c1cccc(-c2ccc3ccccc3c2)c1. The van der Waals surface area contributed by atoms with Gasteiger partial charge >= 0.3 is 0 Å². The van der Waals surface area contributed by atoms with Crippen molar-refractivity contribution in [2.75, 3.05) is 26.4 Å². The lowest BCUT2D eigenvalue weighted by Gasteiger charge is -2.36. The van der Waals surface area contributed by atoms with Gasteiger partial charge in [0.05, 0.1) is 18.6 Å². The molecular weight excluding hydrogens is 1180 g/mol. The molecule has 0 fully saturated rings. The fourth-order valence-corrected chi connectivity index (χ4v) is 15.1. The monoisotopic (exact) mass is 1250 g/mol.